The molecule has 1 amide bonds. The molecule has 0 spiro atoms. The van der Waals surface area contributed by atoms with Crippen LogP contribution in [-0.2, 0) is 14.8 Å². The Bertz CT molecular complexity index is 415. The van der Waals surface area contributed by atoms with Gasteiger partial charge in [0.2, 0.25) is 15.9 Å². The Labute approximate surface area is 122 Å². The van der Waals surface area contributed by atoms with E-state index in [0.29, 0.717) is 38.3 Å². The molecule has 118 valence electrons. The van der Waals surface area contributed by atoms with Crippen molar-refractivity contribution in [3.63, 3.8) is 0 Å². The summed E-state index contributed by atoms with van der Waals surface area (Å²) in [4.78, 5) is 11.9. The smallest absolute Gasteiger partial charge is 0.237 e. The number of carbonyl (C=O) groups excluding carboxylic acids is 1. The van der Waals surface area contributed by atoms with Crippen molar-refractivity contribution in [3.8, 4) is 0 Å². The molecule has 1 saturated heterocycles. The average Bonchev–Trinajstić information content (AvgIpc) is 2.38. The van der Waals surface area contributed by atoms with E-state index in [0.717, 1.165) is 0 Å². The van der Waals surface area contributed by atoms with Crippen LogP contribution in [0.2, 0.25) is 0 Å². The topological polar surface area (TPSA) is 92.5 Å². The summed E-state index contributed by atoms with van der Waals surface area (Å²) in [6, 6.07) is -0.448. The van der Waals surface area contributed by atoms with Gasteiger partial charge < -0.3 is 11.1 Å². The molecule has 1 aliphatic heterocycles. The molecule has 0 aromatic carbocycles. The fourth-order valence-electron chi connectivity index (χ4n) is 2.38. The molecular formula is C13H27N3O3S. The van der Waals surface area contributed by atoms with E-state index in [2.05, 4.69) is 5.32 Å². The zero-order valence-corrected chi connectivity index (χ0v) is 13.4. The lowest BCUT2D eigenvalue weighted by Crippen LogP contribution is -2.50. The van der Waals surface area contributed by atoms with Crippen molar-refractivity contribution >= 4 is 15.9 Å². The Kier molecular flexibility index (Phi) is 6.42. The summed E-state index contributed by atoms with van der Waals surface area (Å²) in [6.07, 6.45) is 1.97. The molecule has 0 bridgehead atoms. The van der Waals surface area contributed by atoms with Crippen molar-refractivity contribution in [2.75, 3.05) is 18.8 Å². The molecule has 3 N–H and O–H groups in total. The quantitative estimate of drug-likeness (QED) is 0.737. The maximum Gasteiger partial charge on any atom is 0.237 e. The molecule has 1 fully saturated rings. The molecule has 6 nitrogen and oxygen atoms in total. The SMILES string of the molecule is CCS(=O)(=O)N1CCC(NC(=O)C(N)CC(C)C)CC1. The summed E-state index contributed by atoms with van der Waals surface area (Å²) < 4.78 is 25.0. The maximum atomic E-state index is 11.9. The van der Waals surface area contributed by atoms with Crippen LogP contribution in [0, 0.1) is 5.92 Å². The van der Waals surface area contributed by atoms with Gasteiger partial charge in [-0.05, 0) is 32.1 Å². The molecule has 0 aromatic rings. The van der Waals surface area contributed by atoms with E-state index in [1.54, 1.807) is 6.92 Å². The zero-order chi connectivity index (χ0) is 15.3. The highest BCUT2D eigenvalue weighted by Crippen LogP contribution is 2.14. The first-order valence-electron chi connectivity index (χ1n) is 7.30. The largest absolute Gasteiger partial charge is 0.352 e. The molecule has 1 rings (SSSR count). The molecule has 1 heterocycles. The molecule has 20 heavy (non-hydrogen) atoms. The average molecular weight is 305 g/mol. The van der Waals surface area contributed by atoms with Crippen LogP contribution < -0.4 is 11.1 Å². The number of hydrogen-bond acceptors (Lipinski definition) is 4. The number of rotatable bonds is 6. The predicted molar refractivity (Wildman–Crippen MR) is 79.6 cm³/mol. The minimum Gasteiger partial charge on any atom is -0.352 e. The van der Waals surface area contributed by atoms with Crippen LogP contribution in [0.15, 0.2) is 0 Å². The standard InChI is InChI=1S/C13H27N3O3S/c1-4-20(18,19)16-7-5-11(6-8-16)15-13(17)12(14)9-10(2)3/h10-12H,4-9,14H2,1-3H3,(H,15,17). The molecule has 0 aliphatic carbocycles. The first-order valence-corrected chi connectivity index (χ1v) is 8.91. The van der Waals surface area contributed by atoms with Gasteiger partial charge in [0.05, 0.1) is 11.8 Å². The van der Waals surface area contributed by atoms with Crippen LogP contribution in [0.25, 0.3) is 0 Å². The maximum absolute atomic E-state index is 11.9. The second-order valence-corrected chi connectivity index (χ2v) is 8.08. The van der Waals surface area contributed by atoms with E-state index in [4.69, 9.17) is 5.73 Å². The van der Waals surface area contributed by atoms with E-state index in [1.807, 2.05) is 13.8 Å². The molecule has 1 aliphatic rings. The molecule has 7 heteroatoms. The van der Waals surface area contributed by atoms with Crippen molar-refractivity contribution in [2.45, 2.75) is 52.1 Å². The van der Waals surface area contributed by atoms with E-state index in [-0.39, 0.29) is 17.7 Å². The second-order valence-electron chi connectivity index (χ2n) is 5.82. The number of nitrogens with one attached hydrogen (secondary N) is 1. The number of sulfonamides is 1. The summed E-state index contributed by atoms with van der Waals surface area (Å²) in [5.41, 5.74) is 5.84. The first kappa shape index (κ1) is 17.4. The third kappa shape index (κ3) is 5.03. The van der Waals surface area contributed by atoms with E-state index < -0.39 is 16.1 Å². The lowest BCUT2D eigenvalue weighted by Gasteiger charge is -2.32. The van der Waals surface area contributed by atoms with Gasteiger partial charge in [0.15, 0.2) is 0 Å². The Morgan fingerprint density at radius 2 is 1.90 bits per heavy atom. The normalized spacial score (nSPS) is 20.1. The first-order chi connectivity index (χ1) is 9.26. The lowest BCUT2D eigenvalue weighted by molar-refractivity contribution is -0.123. The minimum absolute atomic E-state index is 0.0315. The third-order valence-corrected chi connectivity index (χ3v) is 5.50. The van der Waals surface area contributed by atoms with Gasteiger partial charge in [-0.25, -0.2) is 12.7 Å². The zero-order valence-electron chi connectivity index (χ0n) is 12.6. The van der Waals surface area contributed by atoms with Gasteiger partial charge in [-0.15, -0.1) is 0 Å². The third-order valence-electron chi connectivity index (χ3n) is 3.62. The fourth-order valence-corrected chi connectivity index (χ4v) is 3.52. The van der Waals surface area contributed by atoms with Crippen molar-refractivity contribution in [2.24, 2.45) is 11.7 Å². The highest BCUT2D eigenvalue weighted by atomic mass is 32.2. The Morgan fingerprint density at radius 3 is 2.35 bits per heavy atom. The summed E-state index contributed by atoms with van der Waals surface area (Å²) in [5, 5.41) is 2.93. The highest BCUT2D eigenvalue weighted by Gasteiger charge is 2.28. The van der Waals surface area contributed by atoms with Crippen molar-refractivity contribution < 1.29 is 13.2 Å². The summed E-state index contributed by atoms with van der Waals surface area (Å²) in [5.74, 6) is 0.381. The predicted octanol–water partition coefficient (Wildman–Crippen LogP) is 0.290. The van der Waals surface area contributed by atoms with Gasteiger partial charge in [-0.1, -0.05) is 13.8 Å². The number of carbonyl (C=O) groups is 1. The summed E-state index contributed by atoms with van der Waals surface area (Å²) in [7, 11) is -3.11. The van der Waals surface area contributed by atoms with Gasteiger partial charge in [0.25, 0.3) is 0 Å². The molecular weight excluding hydrogens is 278 g/mol. The van der Waals surface area contributed by atoms with Crippen LogP contribution in [0.3, 0.4) is 0 Å². The fraction of sp³-hybridized carbons (Fsp3) is 0.923. The van der Waals surface area contributed by atoms with Crippen molar-refractivity contribution in [3.05, 3.63) is 0 Å². The summed E-state index contributed by atoms with van der Waals surface area (Å²) >= 11 is 0. The Hall–Kier alpha value is -0.660. The van der Waals surface area contributed by atoms with E-state index >= 15 is 0 Å². The second kappa shape index (κ2) is 7.38. The van der Waals surface area contributed by atoms with Gasteiger partial charge in [0, 0.05) is 19.1 Å². The van der Waals surface area contributed by atoms with Gasteiger partial charge in [-0.2, -0.15) is 0 Å². The number of nitrogens with two attached hydrogens (primary N) is 1. The van der Waals surface area contributed by atoms with Gasteiger partial charge in [0.1, 0.15) is 0 Å². The number of nitrogens with zero attached hydrogens (tertiary/aromatic N) is 1. The van der Waals surface area contributed by atoms with Crippen molar-refractivity contribution in [1.29, 1.82) is 0 Å². The molecule has 0 radical (unpaired) electrons. The van der Waals surface area contributed by atoms with Crippen LogP contribution in [0.1, 0.15) is 40.0 Å². The van der Waals surface area contributed by atoms with Crippen LogP contribution >= 0.6 is 0 Å². The van der Waals surface area contributed by atoms with Gasteiger partial charge >= 0.3 is 0 Å². The van der Waals surface area contributed by atoms with Crippen LogP contribution in [0.5, 0.6) is 0 Å². The van der Waals surface area contributed by atoms with Crippen LogP contribution in [-0.4, -0.2) is 49.6 Å². The molecule has 0 saturated carbocycles. The van der Waals surface area contributed by atoms with E-state index in [9.17, 15) is 13.2 Å². The van der Waals surface area contributed by atoms with Gasteiger partial charge in [-0.3, -0.25) is 4.79 Å². The lowest BCUT2D eigenvalue weighted by atomic mass is 10.0. The Morgan fingerprint density at radius 1 is 1.35 bits per heavy atom. The molecule has 0 aromatic heterocycles. The molecule has 1 atom stereocenters. The monoisotopic (exact) mass is 305 g/mol. The minimum atomic E-state index is -3.11. The van der Waals surface area contributed by atoms with E-state index in [1.165, 1.54) is 4.31 Å². The van der Waals surface area contributed by atoms with Crippen molar-refractivity contribution in [1.82, 2.24) is 9.62 Å². The highest BCUT2D eigenvalue weighted by molar-refractivity contribution is 7.89. The summed E-state index contributed by atoms with van der Waals surface area (Å²) in [6.45, 7) is 6.65. The number of hydrogen-bond donors (Lipinski definition) is 2. The molecule has 1 unspecified atom stereocenters. The van der Waals surface area contributed by atoms with Crippen LogP contribution in [0.4, 0.5) is 0 Å². The Balaban J connectivity index is 2.41. The number of piperidine rings is 1. The number of amides is 1.